The second-order valence-corrected chi connectivity index (χ2v) is 4.45. The van der Waals surface area contributed by atoms with E-state index in [0.29, 0.717) is 12.3 Å². The molecule has 0 spiro atoms. The molecule has 1 rings (SSSR count). The van der Waals surface area contributed by atoms with Gasteiger partial charge in [-0.25, -0.2) is 0 Å². The van der Waals surface area contributed by atoms with Gasteiger partial charge in [0.15, 0.2) is 11.5 Å². The number of rotatable bonds is 6. The smallest absolute Gasteiger partial charge is 0.320 e. The van der Waals surface area contributed by atoms with Crippen LogP contribution in [0.4, 0.5) is 0 Å². The molecule has 0 heterocycles. The van der Waals surface area contributed by atoms with Crippen molar-refractivity contribution in [2.45, 2.75) is 26.4 Å². The molecule has 0 fully saturated rings. The number of benzene rings is 1. The van der Waals surface area contributed by atoms with Crippen molar-refractivity contribution in [3.8, 4) is 11.5 Å². The number of carbonyl (C=O) groups is 1. The molecule has 0 amide bonds. The van der Waals surface area contributed by atoms with Gasteiger partial charge in [-0.15, -0.1) is 0 Å². The number of carboxylic acid groups (broad SMARTS) is 1. The molecule has 100 valence electrons. The summed E-state index contributed by atoms with van der Waals surface area (Å²) in [5.74, 6) is -0.414. The highest BCUT2D eigenvalue weighted by Gasteiger charge is 2.20. The Kier molecular flexibility index (Phi) is 4.97. The fourth-order valence-corrected chi connectivity index (χ4v) is 1.67. The summed E-state index contributed by atoms with van der Waals surface area (Å²) in [7, 11) is 1.47. The number of aromatic hydroxyl groups is 1. The third-order valence-electron chi connectivity index (χ3n) is 2.70. The molecule has 5 heteroatoms. The summed E-state index contributed by atoms with van der Waals surface area (Å²) >= 11 is 0. The summed E-state index contributed by atoms with van der Waals surface area (Å²) in [5.41, 5.74) is 0.858. The van der Waals surface area contributed by atoms with Crippen LogP contribution in [0.3, 0.4) is 0 Å². The monoisotopic (exact) mass is 253 g/mol. The van der Waals surface area contributed by atoms with Gasteiger partial charge in [-0.05, 0) is 23.6 Å². The van der Waals surface area contributed by atoms with Crippen LogP contribution in [0.25, 0.3) is 0 Å². The SMILES string of the molecule is COc1cc(CNC(C(=O)O)C(C)C)ccc1O. The van der Waals surface area contributed by atoms with Crippen molar-refractivity contribution >= 4 is 5.97 Å². The van der Waals surface area contributed by atoms with Crippen LogP contribution in [0.5, 0.6) is 11.5 Å². The standard InChI is InChI=1S/C13H19NO4/c1-8(2)12(13(16)17)14-7-9-4-5-10(15)11(6-9)18-3/h4-6,8,12,14-15H,7H2,1-3H3,(H,16,17). The molecule has 0 aliphatic carbocycles. The van der Waals surface area contributed by atoms with Crippen LogP contribution >= 0.6 is 0 Å². The van der Waals surface area contributed by atoms with Crippen LogP contribution < -0.4 is 10.1 Å². The third kappa shape index (κ3) is 3.63. The highest BCUT2D eigenvalue weighted by Crippen LogP contribution is 2.26. The summed E-state index contributed by atoms with van der Waals surface area (Å²) in [4.78, 5) is 11.0. The zero-order valence-electron chi connectivity index (χ0n) is 10.8. The van der Waals surface area contributed by atoms with Crippen molar-refractivity contribution < 1.29 is 19.7 Å². The maximum Gasteiger partial charge on any atom is 0.320 e. The molecular weight excluding hydrogens is 234 g/mol. The lowest BCUT2D eigenvalue weighted by molar-refractivity contribution is -0.140. The first kappa shape index (κ1) is 14.3. The minimum atomic E-state index is -0.865. The molecule has 0 aliphatic heterocycles. The summed E-state index contributed by atoms with van der Waals surface area (Å²) in [6.45, 7) is 4.11. The van der Waals surface area contributed by atoms with Gasteiger partial charge in [-0.2, -0.15) is 0 Å². The Morgan fingerprint density at radius 1 is 1.44 bits per heavy atom. The van der Waals surface area contributed by atoms with Crippen molar-refractivity contribution in [3.63, 3.8) is 0 Å². The quantitative estimate of drug-likeness (QED) is 0.717. The predicted molar refractivity (Wildman–Crippen MR) is 67.8 cm³/mol. The Balaban J connectivity index is 2.70. The second-order valence-electron chi connectivity index (χ2n) is 4.45. The molecule has 1 aromatic rings. The van der Waals surface area contributed by atoms with Crippen LogP contribution in [0, 0.1) is 5.92 Å². The van der Waals surface area contributed by atoms with Gasteiger partial charge in [0.25, 0.3) is 0 Å². The van der Waals surface area contributed by atoms with E-state index in [1.807, 2.05) is 13.8 Å². The van der Waals surface area contributed by atoms with Crippen molar-refractivity contribution in [2.24, 2.45) is 5.92 Å². The minimum Gasteiger partial charge on any atom is -0.504 e. The number of nitrogens with one attached hydrogen (secondary N) is 1. The van der Waals surface area contributed by atoms with Gasteiger partial charge in [-0.1, -0.05) is 19.9 Å². The molecule has 1 unspecified atom stereocenters. The first-order valence-electron chi connectivity index (χ1n) is 5.77. The summed E-state index contributed by atoms with van der Waals surface area (Å²) in [5, 5.41) is 21.5. The van der Waals surface area contributed by atoms with Crippen molar-refractivity contribution in [1.29, 1.82) is 0 Å². The molecule has 18 heavy (non-hydrogen) atoms. The molecule has 0 bridgehead atoms. The van der Waals surface area contributed by atoms with E-state index in [1.54, 1.807) is 12.1 Å². The fraction of sp³-hybridized carbons (Fsp3) is 0.462. The van der Waals surface area contributed by atoms with E-state index in [1.165, 1.54) is 13.2 Å². The van der Waals surface area contributed by atoms with Gasteiger partial charge in [0.1, 0.15) is 6.04 Å². The number of methoxy groups -OCH3 is 1. The lowest BCUT2D eigenvalue weighted by atomic mass is 10.0. The van der Waals surface area contributed by atoms with Gasteiger partial charge < -0.3 is 20.3 Å². The lowest BCUT2D eigenvalue weighted by Gasteiger charge is -2.18. The normalized spacial score (nSPS) is 12.4. The van der Waals surface area contributed by atoms with Crippen LogP contribution in [0.1, 0.15) is 19.4 Å². The number of hydrogen-bond donors (Lipinski definition) is 3. The molecule has 5 nitrogen and oxygen atoms in total. The number of phenols is 1. The molecule has 0 aromatic heterocycles. The Hall–Kier alpha value is -1.75. The van der Waals surface area contributed by atoms with E-state index < -0.39 is 12.0 Å². The van der Waals surface area contributed by atoms with Crippen LogP contribution in [-0.2, 0) is 11.3 Å². The van der Waals surface area contributed by atoms with E-state index in [2.05, 4.69) is 5.32 Å². The summed E-state index contributed by atoms with van der Waals surface area (Å²) < 4.78 is 4.99. The molecular formula is C13H19NO4. The third-order valence-corrected chi connectivity index (χ3v) is 2.70. The average molecular weight is 253 g/mol. The van der Waals surface area contributed by atoms with Crippen molar-refractivity contribution in [2.75, 3.05) is 7.11 Å². The fourth-order valence-electron chi connectivity index (χ4n) is 1.67. The number of ether oxygens (including phenoxy) is 1. The zero-order chi connectivity index (χ0) is 13.7. The first-order chi connectivity index (χ1) is 8.45. The van der Waals surface area contributed by atoms with E-state index in [9.17, 15) is 9.90 Å². The van der Waals surface area contributed by atoms with Crippen LogP contribution in [0.2, 0.25) is 0 Å². The molecule has 3 N–H and O–H groups in total. The zero-order valence-corrected chi connectivity index (χ0v) is 10.8. The van der Waals surface area contributed by atoms with Gasteiger partial charge in [0.05, 0.1) is 7.11 Å². The average Bonchev–Trinajstić information content (AvgIpc) is 2.30. The van der Waals surface area contributed by atoms with Gasteiger partial charge in [0, 0.05) is 6.54 Å². The number of carboxylic acids is 1. The Labute approximate surface area is 106 Å². The molecule has 1 aromatic carbocycles. The van der Waals surface area contributed by atoms with Gasteiger partial charge in [-0.3, -0.25) is 4.79 Å². The topological polar surface area (TPSA) is 78.8 Å². The Bertz CT molecular complexity index is 417. The van der Waals surface area contributed by atoms with Gasteiger partial charge in [0.2, 0.25) is 0 Å². The number of aliphatic carboxylic acids is 1. The second kappa shape index (κ2) is 6.26. The molecule has 0 saturated heterocycles. The minimum absolute atomic E-state index is 0.00140. The van der Waals surface area contributed by atoms with E-state index in [-0.39, 0.29) is 11.7 Å². The maximum atomic E-state index is 11.0. The number of phenolic OH excluding ortho intramolecular Hbond substituents is 1. The molecule has 0 radical (unpaired) electrons. The highest BCUT2D eigenvalue weighted by atomic mass is 16.5. The molecule has 0 aliphatic rings. The van der Waals surface area contributed by atoms with Crippen LogP contribution in [0.15, 0.2) is 18.2 Å². The van der Waals surface area contributed by atoms with E-state index in [4.69, 9.17) is 9.84 Å². The number of hydrogen-bond acceptors (Lipinski definition) is 4. The summed E-state index contributed by atoms with van der Waals surface area (Å²) in [6.07, 6.45) is 0. The van der Waals surface area contributed by atoms with Crippen molar-refractivity contribution in [3.05, 3.63) is 23.8 Å². The van der Waals surface area contributed by atoms with Crippen LogP contribution in [-0.4, -0.2) is 29.3 Å². The maximum absolute atomic E-state index is 11.0. The Morgan fingerprint density at radius 3 is 2.61 bits per heavy atom. The first-order valence-corrected chi connectivity index (χ1v) is 5.77. The lowest BCUT2D eigenvalue weighted by Crippen LogP contribution is -2.40. The van der Waals surface area contributed by atoms with Gasteiger partial charge >= 0.3 is 5.97 Å². The Morgan fingerprint density at radius 2 is 2.11 bits per heavy atom. The predicted octanol–water partition coefficient (Wildman–Crippen LogP) is 1.60. The van der Waals surface area contributed by atoms with E-state index >= 15 is 0 Å². The van der Waals surface area contributed by atoms with E-state index in [0.717, 1.165) is 5.56 Å². The largest absolute Gasteiger partial charge is 0.504 e. The highest BCUT2D eigenvalue weighted by molar-refractivity contribution is 5.73. The summed E-state index contributed by atoms with van der Waals surface area (Å²) in [6, 6.07) is 4.34. The molecule has 0 saturated carbocycles. The van der Waals surface area contributed by atoms with Crippen molar-refractivity contribution in [1.82, 2.24) is 5.32 Å². The molecule has 1 atom stereocenters.